The lowest BCUT2D eigenvalue weighted by Gasteiger charge is -2.34. The Bertz CT molecular complexity index is 790. The van der Waals surface area contributed by atoms with E-state index in [4.69, 9.17) is 4.74 Å². The first-order chi connectivity index (χ1) is 12.4. The van der Waals surface area contributed by atoms with Crippen molar-refractivity contribution in [3.05, 3.63) is 34.1 Å². The molecule has 2 aromatic heterocycles. The highest BCUT2D eigenvalue weighted by Crippen LogP contribution is 2.23. The SMILES string of the molecule is Cc1[nH]c(C(=O)N2CCN(c3nccs3)CC2)c(C)c1C(=O)OC(C)C. The molecule has 0 radical (unpaired) electrons. The molecule has 0 saturated carbocycles. The maximum absolute atomic E-state index is 12.9. The van der Waals surface area contributed by atoms with E-state index >= 15 is 0 Å². The molecule has 26 heavy (non-hydrogen) atoms. The topological polar surface area (TPSA) is 78.5 Å². The molecule has 1 N–H and O–H groups in total. The van der Waals surface area contributed by atoms with Crippen LogP contribution in [0.5, 0.6) is 0 Å². The number of esters is 1. The number of amides is 1. The van der Waals surface area contributed by atoms with E-state index in [0.717, 1.165) is 18.2 Å². The Hall–Kier alpha value is -2.35. The van der Waals surface area contributed by atoms with Crippen molar-refractivity contribution in [3.63, 3.8) is 0 Å². The van der Waals surface area contributed by atoms with Gasteiger partial charge in [0.2, 0.25) is 0 Å². The molecule has 2 aromatic rings. The molecule has 1 aliphatic heterocycles. The van der Waals surface area contributed by atoms with E-state index in [0.29, 0.717) is 35.6 Å². The summed E-state index contributed by atoms with van der Waals surface area (Å²) in [5.74, 6) is -0.466. The summed E-state index contributed by atoms with van der Waals surface area (Å²) in [6.45, 7) is 9.96. The highest BCUT2D eigenvalue weighted by atomic mass is 32.1. The average Bonchev–Trinajstić information content (AvgIpc) is 3.22. The molecular weight excluding hydrogens is 352 g/mol. The Kier molecular flexibility index (Phi) is 5.31. The monoisotopic (exact) mass is 376 g/mol. The number of aromatic amines is 1. The third-order valence-electron chi connectivity index (χ3n) is 4.45. The highest BCUT2D eigenvalue weighted by Gasteiger charge is 2.28. The summed E-state index contributed by atoms with van der Waals surface area (Å²) >= 11 is 1.60. The molecule has 1 amide bonds. The van der Waals surface area contributed by atoms with Crippen LogP contribution in [-0.2, 0) is 4.74 Å². The Labute approximate surface area is 157 Å². The van der Waals surface area contributed by atoms with E-state index in [-0.39, 0.29) is 18.0 Å². The first kappa shape index (κ1) is 18.4. The molecule has 140 valence electrons. The number of hydrogen-bond donors (Lipinski definition) is 1. The third kappa shape index (κ3) is 3.60. The quantitative estimate of drug-likeness (QED) is 0.830. The highest BCUT2D eigenvalue weighted by molar-refractivity contribution is 7.13. The fourth-order valence-corrected chi connectivity index (χ4v) is 3.87. The minimum absolute atomic E-state index is 0.0759. The largest absolute Gasteiger partial charge is 0.459 e. The van der Waals surface area contributed by atoms with E-state index < -0.39 is 0 Å². The number of piperazine rings is 1. The van der Waals surface area contributed by atoms with E-state index in [1.54, 1.807) is 31.4 Å². The minimum atomic E-state index is -0.390. The van der Waals surface area contributed by atoms with Gasteiger partial charge in [0, 0.05) is 43.4 Å². The van der Waals surface area contributed by atoms with Crippen molar-refractivity contribution >= 4 is 28.3 Å². The smallest absolute Gasteiger partial charge is 0.340 e. The van der Waals surface area contributed by atoms with Crippen molar-refractivity contribution in [2.45, 2.75) is 33.8 Å². The molecule has 0 bridgehead atoms. The molecule has 1 aliphatic rings. The Morgan fingerprint density at radius 1 is 1.23 bits per heavy atom. The third-order valence-corrected chi connectivity index (χ3v) is 5.29. The second kappa shape index (κ2) is 7.49. The molecule has 0 aliphatic carbocycles. The maximum Gasteiger partial charge on any atom is 0.340 e. The predicted molar refractivity (Wildman–Crippen MR) is 101 cm³/mol. The van der Waals surface area contributed by atoms with Crippen LogP contribution in [-0.4, -0.2) is 59.0 Å². The summed E-state index contributed by atoms with van der Waals surface area (Å²) in [4.78, 5) is 36.7. The van der Waals surface area contributed by atoms with Crippen LogP contribution in [0.2, 0.25) is 0 Å². The number of carbonyl (C=O) groups is 2. The second-order valence-corrected chi connectivity index (χ2v) is 7.55. The van der Waals surface area contributed by atoms with Gasteiger partial charge in [0.05, 0.1) is 11.7 Å². The fourth-order valence-electron chi connectivity index (χ4n) is 3.17. The lowest BCUT2D eigenvalue weighted by atomic mass is 10.1. The van der Waals surface area contributed by atoms with Crippen LogP contribution in [0.3, 0.4) is 0 Å². The Balaban J connectivity index is 1.72. The van der Waals surface area contributed by atoms with Crippen LogP contribution in [0.25, 0.3) is 0 Å². The van der Waals surface area contributed by atoms with Gasteiger partial charge < -0.3 is 19.5 Å². The van der Waals surface area contributed by atoms with Gasteiger partial charge in [0.1, 0.15) is 5.69 Å². The number of H-pyrrole nitrogens is 1. The number of hydrogen-bond acceptors (Lipinski definition) is 6. The molecule has 8 heteroatoms. The molecule has 3 rings (SSSR count). The van der Waals surface area contributed by atoms with E-state index in [9.17, 15) is 9.59 Å². The fraction of sp³-hybridized carbons (Fsp3) is 0.500. The minimum Gasteiger partial charge on any atom is -0.459 e. The van der Waals surface area contributed by atoms with Crippen LogP contribution in [0, 0.1) is 13.8 Å². The number of rotatable bonds is 4. The van der Waals surface area contributed by atoms with Crippen molar-refractivity contribution in [1.82, 2.24) is 14.9 Å². The zero-order chi connectivity index (χ0) is 18.8. The van der Waals surface area contributed by atoms with Gasteiger partial charge in [-0.05, 0) is 33.3 Å². The van der Waals surface area contributed by atoms with Gasteiger partial charge >= 0.3 is 5.97 Å². The molecule has 7 nitrogen and oxygen atoms in total. The molecule has 1 fully saturated rings. The first-order valence-electron chi connectivity index (χ1n) is 8.72. The number of nitrogens with one attached hydrogen (secondary N) is 1. The normalized spacial score (nSPS) is 14.8. The van der Waals surface area contributed by atoms with Crippen LogP contribution in [0.4, 0.5) is 5.13 Å². The second-order valence-electron chi connectivity index (χ2n) is 6.67. The van der Waals surface area contributed by atoms with Crippen LogP contribution in [0.15, 0.2) is 11.6 Å². The van der Waals surface area contributed by atoms with Gasteiger partial charge in [-0.1, -0.05) is 0 Å². The Morgan fingerprint density at radius 3 is 2.50 bits per heavy atom. The van der Waals surface area contributed by atoms with E-state index in [1.165, 1.54) is 0 Å². The molecule has 0 spiro atoms. The van der Waals surface area contributed by atoms with Crippen molar-refractivity contribution < 1.29 is 14.3 Å². The van der Waals surface area contributed by atoms with Crippen molar-refractivity contribution in [1.29, 1.82) is 0 Å². The molecule has 3 heterocycles. The zero-order valence-corrected chi connectivity index (χ0v) is 16.4. The average molecular weight is 376 g/mol. The van der Waals surface area contributed by atoms with Gasteiger partial charge in [-0.2, -0.15) is 0 Å². The number of aromatic nitrogens is 2. The molecule has 0 atom stereocenters. The summed E-state index contributed by atoms with van der Waals surface area (Å²) in [5.41, 5.74) is 2.25. The maximum atomic E-state index is 12.9. The van der Waals surface area contributed by atoms with Gasteiger partial charge in [-0.15, -0.1) is 11.3 Å². The summed E-state index contributed by atoms with van der Waals surface area (Å²) in [5, 5.41) is 2.94. The van der Waals surface area contributed by atoms with Crippen LogP contribution >= 0.6 is 11.3 Å². The molecule has 0 aromatic carbocycles. The number of anilines is 1. The van der Waals surface area contributed by atoms with Crippen molar-refractivity contribution in [2.24, 2.45) is 0 Å². The molecule has 0 unspecified atom stereocenters. The standard InChI is InChI=1S/C18H24N4O3S/c1-11(2)25-17(24)14-12(3)15(20-13(14)4)16(23)21-6-8-22(9-7-21)18-19-5-10-26-18/h5,10-11,20H,6-9H2,1-4H3. The van der Waals surface area contributed by atoms with E-state index in [1.807, 2.05) is 24.1 Å². The Morgan fingerprint density at radius 2 is 1.92 bits per heavy atom. The summed E-state index contributed by atoms with van der Waals surface area (Å²) < 4.78 is 5.30. The number of nitrogens with zero attached hydrogens (tertiary/aromatic N) is 3. The number of aryl methyl sites for hydroxylation is 1. The first-order valence-corrected chi connectivity index (χ1v) is 9.60. The summed E-state index contributed by atoms with van der Waals surface area (Å²) in [6.07, 6.45) is 1.59. The van der Waals surface area contributed by atoms with Gasteiger partial charge in [0.25, 0.3) is 5.91 Å². The lowest BCUT2D eigenvalue weighted by molar-refractivity contribution is 0.0376. The zero-order valence-electron chi connectivity index (χ0n) is 15.5. The lowest BCUT2D eigenvalue weighted by Crippen LogP contribution is -2.49. The van der Waals surface area contributed by atoms with Crippen LogP contribution < -0.4 is 4.90 Å². The van der Waals surface area contributed by atoms with E-state index in [2.05, 4.69) is 14.9 Å². The van der Waals surface area contributed by atoms with Gasteiger partial charge in [-0.25, -0.2) is 9.78 Å². The number of thiazole rings is 1. The van der Waals surface area contributed by atoms with Gasteiger partial charge in [0.15, 0.2) is 5.13 Å². The van der Waals surface area contributed by atoms with Gasteiger partial charge in [-0.3, -0.25) is 4.79 Å². The van der Waals surface area contributed by atoms with Crippen molar-refractivity contribution in [3.8, 4) is 0 Å². The number of ether oxygens (including phenoxy) is 1. The van der Waals surface area contributed by atoms with Crippen molar-refractivity contribution in [2.75, 3.05) is 31.1 Å². The van der Waals surface area contributed by atoms with Crippen LogP contribution in [0.1, 0.15) is 46.0 Å². The predicted octanol–water partition coefficient (Wildman–Crippen LogP) is 2.62. The number of carbonyl (C=O) groups excluding carboxylic acids is 2. The summed E-state index contributed by atoms with van der Waals surface area (Å²) in [7, 11) is 0. The molecular formula is C18H24N4O3S. The summed E-state index contributed by atoms with van der Waals surface area (Å²) in [6, 6.07) is 0. The molecule has 1 saturated heterocycles.